The average Bonchev–Trinajstić information content (AvgIpc) is 3.36. The molecular weight excluding hydrogens is 346 g/mol. The zero-order valence-corrected chi connectivity index (χ0v) is 15.0. The molecule has 0 amide bonds. The number of rotatable bonds is 6. The summed E-state index contributed by atoms with van der Waals surface area (Å²) in [5.41, 5.74) is 1.59. The molecule has 8 nitrogen and oxygen atoms in total. The minimum absolute atomic E-state index is 0.293. The molecule has 140 valence electrons. The van der Waals surface area contributed by atoms with Gasteiger partial charge in [-0.3, -0.25) is 0 Å². The summed E-state index contributed by atoms with van der Waals surface area (Å²) in [6.45, 7) is 1.80. The van der Waals surface area contributed by atoms with Crippen LogP contribution in [-0.4, -0.2) is 46.5 Å². The first-order chi connectivity index (χ1) is 13.2. The normalized spacial score (nSPS) is 16.5. The van der Waals surface area contributed by atoms with E-state index in [9.17, 15) is 5.11 Å². The van der Waals surface area contributed by atoms with Crippen LogP contribution in [0.25, 0.3) is 11.3 Å². The van der Waals surface area contributed by atoms with Crippen LogP contribution in [0.5, 0.6) is 5.75 Å². The maximum Gasteiger partial charge on any atom is 0.224 e. The first-order valence-electron chi connectivity index (χ1n) is 8.82. The fourth-order valence-corrected chi connectivity index (χ4v) is 3.11. The molecule has 0 bridgehead atoms. The topological polar surface area (TPSA) is 96.5 Å². The van der Waals surface area contributed by atoms with E-state index in [-0.39, 0.29) is 6.10 Å². The van der Waals surface area contributed by atoms with E-state index in [0.29, 0.717) is 30.5 Å². The summed E-state index contributed by atoms with van der Waals surface area (Å²) in [5, 5.41) is 17.0. The van der Waals surface area contributed by atoms with Gasteiger partial charge in [0.05, 0.1) is 19.8 Å². The number of anilines is 2. The highest BCUT2D eigenvalue weighted by molar-refractivity contribution is 5.66. The molecule has 1 aromatic carbocycles. The molecule has 1 atom stereocenters. The number of benzene rings is 1. The molecule has 1 fully saturated rings. The predicted molar refractivity (Wildman–Crippen MR) is 101 cm³/mol. The molecule has 27 heavy (non-hydrogen) atoms. The lowest BCUT2D eigenvalue weighted by molar-refractivity contribution is 0.198. The van der Waals surface area contributed by atoms with E-state index in [0.717, 1.165) is 30.1 Å². The number of para-hydroxylation sites is 1. The lowest BCUT2D eigenvalue weighted by Gasteiger charge is -2.16. The van der Waals surface area contributed by atoms with Gasteiger partial charge >= 0.3 is 0 Å². The van der Waals surface area contributed by atoms with Crippen LogP contribution in [0.4, 0.5) is 11.8 Å². The number of hydrogen-bond donors (Lipinski definition) is 2. The Hall–Kier alpha value is -3.13. The largest absolute Gasteiger partial charge is 0.496 e. The SMILES string of the molecule is COc1ccccc1-c1cc(CNc2nccc(N3CC[C@@H](O)C3)n2)on1. The molecule has 1 aliphatic heterocycles. The molecule has 2 N–H and O–H groups in total. The minimum atomic E-state index is -0.293. The molecular formula is C19H21N5O3. The monoisotopic (exact) mass is 367 g/mol. The van der Waals surface area contributed by atoms with E-state index in [1.165, 1.54) is 0 Å². The Morgan fingerprint density at radius 1 is 1.33 bits per heavy atom. The van der Waals surface area contributed by atoms with Gasteiger partial charge in [0.25, 0.3) is 0 Å². The lowest BCUT2D eigenvalue weighted by atomic mass is 10.1. The summed E-state index contributed by atoms with van der Waals surface area (Å²) in [6, 6.07) is 11.4. The van der Waals surface area contributed by atoms with Crippen LogP contribution < -0.4 is 15.0 Å². The van der Waals surface area contributed by atoms with Crippen molar-refractivity contribution in [2.75, 3.05) is 30.4 Å². The highest BCUT2D eigenvalue weighted by Gasteiger charge is 2.21. The summed E-state index contributed by atoms with van der Waals surface area (Å²) in [7, 11) is 1.63. The molecule has 0 aliphatic carbocycles. The maximum absolute atomic E-state index is 9.69. The van der Waals surface area contributed by atoms with Crippen molar-refractivity contribution in [3.63, 3.8) is 0 Å². The fourth-order valence-electron chi connectivity index (χ4n) is 3.11. The molecule has 1 aliphatic rings. The third kappa shape index (κ3) is 3.85. The Labute approximate surface area is 156 Å². The number of β-amino-alcohol motifs (C(OH)–C–C–N with tert-alkyl or cyclic N) is 1. The van der Waals surface area contributed by atoms with Crippen LogP contribution in [0.15, 0.2) is 47.1 Å². The summed E-state index contributed by atoms with van der Waals surface area (Å²) in [4.78, 5) is 10.8. The smallest absolute Gasteiger partial charge is 0.224 e. The van der Waals surface area contributed by atoms with Gasteiger partial charge in [0.1, 0.15) is 17.3 Å². The number of methoxy groups -OCH3 is 1. The van der Waals surface area contributed by atoms with Gasteiger partial charge in [-0.2, -0.15) is 4.98 Å². The average molecular weight is 367 g/mol. The Kier molecular flexibility index (Phi) is 4.88. The Morgan fingerprint density at radius 3 is 3.04 bits per heavy atom. The summed E-state index contributed by atoms with van der Waals surface area (Å²) in [5.74, 6) is 2.72. The number of hydrogen-bond acceptors (Lipinski definition) is 8. The predicted octanol–water partition coefficient (Wildman–Crippen LogP) is 2.32. The van der Waals surface area contributed by atoms with Gasteiger partial charge in [-0.05, 0) is 24.6 Å². The molecule has 0 unspecified atom stereocenters. The highest BCUT2D eigenvalue weighted by Crippen LogP contribution is 2.29. The van der Waals surface area contributed by atoms with Crippen LogP contribution in [0.2, 0.25) is 0 Å². The molecule has 8 heteroatoms. The van der Waals surface area contributed by atoms with Gasteiger partial charge in [-0.25, -0.2) is 4.98 Å². The number of aliphatic hydroxyl groups is 1. The van der Waals surface area contributed by atoms with Gasteiger partial charge in [0.2, 0.25) is 5.95 Å². The number of nitrogens with one attached hydrogen (secondary N) is 1. The van der Waals surface area contributed by atoms with Crippen molar-refractivity contribution in [1.82, 2.24) is 15.1 Å². The van der Waals surface area contributed by atoms with Gasteiger partial charge in [0.15, 0.2) is 5.76 Å². The van der Waals surface area contributed by atoms with E-state index < -0.39 is 0 Å². The van der Waals surface area contributed by atoms with Crippen LogP contribution in [0.3, 0.4) is 0 Å². The number of ether oxygens (including phenoxy) is 1. The Morgan fingerprint density at radius 2 is 2.22 bits per heavy atom. The van der Waals surface area contributed by atoms with Crippen molar-refractivity contribution in [1.29, 1.82) is 0 Å². The zero-order valence-electron chi connectivity index (χ0n) is 15.0. The summed E-state index contributed by atoms with van der Waals surface area (Å²) in [6.07, 6.45) is 2.17. The third-order valence-corrected chi connectivity index (χ3v) is 4.49. The molecule has 3 heterocycles. The third-order valence-electron chi connectivity index (χ3n) is 4.49. The Balaban J connectivity index is 1.43. The van der Waals surface area contributed by atoms with Gasteiger partial charge in [-0.15, -0.1) is 0 Å². The van der Waals surface area contributed by atoms with E-state index in [4.69, 9.17) is 9.26 Å². The number of aliphatic hydroxyl groups excluding tert-OH is 1. The first kappa shape index (κ1) is 17.3. The van der Waals surface area contributed by atoms with E-state index in [2.05, 4.69) is 20.4 Å². The Bertz CT molecular complexity index is 914. The molecule has 0 radical (unpaired) electrons. The second kappa shape index (κ2) is 7.63. The number of aromatic nitrogens is 3. The van der Waals surface area contributed by atoms with Crippen molar-refractivity contribution >= 4 is 11.8 Å². The quantitative estimate of drug-likeness (QED) is 0.685. The van der Waals surface area contributed by atoms with Gasteiger partial charge in [-0.1, -0.05) is 17.3 Å². The minimum Gasteiger partial charge on any atom is -0.496 e. The molecule has 1 saturated heterocycles. The first-order valence-corrected chi connectivity index (χ1v) is 8.82. The lowest BCUT2D eigenvalue weighted by Crippen LogP contribution is -2.22. The standard InChI is InChI=1S/C19H21N5O3/c1-26-17-5-3-2-4-15(17)16-10-14(27-23-16)11-21-19-20-8-6-18(22-19)24-9-7-13(25)12-24/h2-6,8,10,13,25H,7,9,11-12H2,1H3,(H,20,21,22)/t13-/m1/s1. The number of nitrogens with zero attached hydrogens (tertiary/aromatic N) is 4. The molecule has 3 aromatic rings. The molecule has 2 aromatic heterocycles. The highest BCUT2D eigenvalue weighted by atomic mass is 16.5. The molecule has 0 spiro atoms. The van der Waals surface area contributed by atoms with E-state index in [1.54, 1.807) is 13.3 Å². The molecule has 0 saturated carbocycles. The van der Waals surface area contributed by atoms with Crippen molar-refractivity contribution in [2.24, 2.45) is 0 Å². The van der Waals surface area contributed by atoms with Crippen LogP contribution in [0.1, 0.15) is 12.2 Å². The van der Waals surface area contributed by atoms with Crippen molar-refractivity contribution in [3.8, 4) is 17.0 Å². The second-order valence-electron chi connectivity index (χ2n) is 6.36. The van der Waals surface area contributed by atoms with Crippen LogP contribution in [0, 0.1) is 0 Å². The van der Waals surface area contributed by atoms with Crippen molar-refractivity contribution in [3.05, 3.63) is 48.4 Å². The van der Waals surface area contributed by atoms with Gasteiger partial charge in [0, 0.05) is 30.9 Å². The second-order valence-corrected chi connectivity index (χ2v) is 6.36. The van der Waals surface area contributed by atoms with Crippen molar-refractivity contribution in [2.45, 2.75) is 19.1 Å². The molecule has 4 rings (SSSR count). The maximum atomic E-state index is 9.69. The van der Waals surface area contributed by atoms with Crippen molar-refractivity contribution < 1.29 is 14.4 Å². The van der Waals surface area contributed by atoms with Crippen LogP contribution >= 0.6 is 0 Å². The van der Waals surface area contributed by atoms with E-state index in [1.807, 2.05) is 41.3 Å². The van der Waals surface area contributed by atoms with Crippen LogP contribution in [-0.2, 0) is 6.54 Å². The summed E-state index contributed by atoms with van der Waals surface area (Å²) >= 11 is 0. The zero-order chi connectivity index (χ0) is 18.6. The fraction of sp³-hybridized carbons (Fsp3) is 0.316. The van der Waals surface area contributed by atoms with E-state index >= 15 is 0 Å². The van der Waals surface area contributed by atoms with Gasteiger partial charge < -0.3 is 24.6 Å². The summed E-state index contributed by atoms with van der Waals surface area (Å²) < 4.78 is 10.8.